The van der Waals surface area contributed by atoms with Crippen LogP contribution in [0.15, 0.2) is 42.9 Å². The van der Waals surface area contributed by atoms with Gasteiger partial charge in [-0.1, -0.05) is 13.0 Å². The van der Waals surface area contributed by atoms with Gasteiger partial charge in [0.1, 0.15) is 12.1 Å². The Morgan fingerprint density at radius 1 is 1.00 bits per heavy atom. The van der Waals surface area contributed by atoms with Crippen molar-refractivity contribution in [2.45, 2.75) is 19.9 Å². The van der Waals surface area contributed by atoms with Crippen molar-refractivity contribution in [3.05, 3.63) is 48.4 Å². The zero-order valence-electron chi connectivity index (χ0n) is 21.5. The van der Waals surface area contributed by atoms with E-state index in [9.17, 15) is 4.79 Å². The molecule has 0 unspecified atom stereocenters. The Bertz CT molecular complexity index is 1380. The molecule has 1 aromatic carbocycles. The summed E-state index contributed by atoms with van der Waals surface area (Å²) >= 11 is 0. The minimum absolute atomic E-state index is 0.0476. The molecule has 0 aliphatic carbocycles. The molecule has 0 atom stereocenters. The smallest absolute Gasteiger partial charge is 0.213 e. The van der Waals surface area contributed by atoms with Crippen molar-refractivity contribution in [1.29, 1.82) is 0 Å². The first-order valence-corrected chi connectivity index (χ1v) is 11.7. The lowest BCUT2D eigenvalue weighted by Crippen LogP contribution is -2.08. The molecule has 0 aliphatic rings. The van der Waals surface area contributed by atoms with Gasteiger partial charge in [0, 0.05) is 38.9 Å². The maximum atomic E-state index is 12.7. The van der Waals surface area contributed by atoms with Gasteiger partial charge in [-0.05, 0) is 12.1 Å². The molecule has 2 N–H and O–H groups in total. The molecule has 0 amide bonds. The summed E-state index contributed by atoms with van der Waals surface area (Å²) in [7, 11) is 6.59. The van der Waals surface area contributed by atoms with Crippen molar-refractivity contribution in [3.8, 4) is 23.0 Å². The molecule has 0 fully saturated rings. The second-order valence-electron chi connectivity index (χ2n) is 8.06. The van der Waals surface area contributed by atoms with E-state index in [1.54, 1.807) is 62.4 Å². The van der Waals surface area contributed by atoms with Crippen LogP contribution >= 0.6 is 0 Å². The number of aromatic nitrogens is 6. The van der Waals surface area contributed by atoms with Crippen LogP contribution in [0.5, 0.6) is 11.6 Å². The number of benzene rings is 1. The van der Waals surface area contributed by atoms with Crippen LogP contribution in [0.3, 0.4) is 0 Å². The number of hydrogen-bond donors (Lipinski definition) is 2. The van der Waals surface area contributed by atoms with Gasteiger partial charge in [0.2, 0.25) is 5.88 Å². The third-order valence-electron chi connectivity index (χ3n) is 5.57. The Hall–Kier alpha value is -4.45. The number of hydrogen-bond acceptors (Lipinski definition) is 10. The topological polar surface area (TPSA) is 130 Å². The Morgan fingerprint density at radius 2 is 1.84 bits per heavy atom. The highest BCUT2D eigenvalue weighted by atomic mass is 16.5. The van der Waals surface area contributed by atoms with E-state index < -0.39 is 0 Å². The van der Waals surface area contributed by atoms with E-state index in [0.29, 0.717) is 65.6 Å². The molecule has 0 saturated carbocycles. The second kappa shape index (κ2) is 11.5. The van der Waals surface area contributed by atoms with E-state index in [1.807, 2.05) is 25.1 Å². The van der Waals surface area contributed by atoms with Gasteiger partial charge in [0.15, 0.2) is 23.2 Å². The predicted octanol–water partition coefficient (Wildman–Crippen LogP) is 3.82. The molecule has 12 heteroatoms. The molecule has 0 saturated heterocycles. The minimum Gasteiger partial charge on any atom is -0.494 e. The number of carbonyl (C=O) groups excluding carboxylic acids is 1. The fraction of sp³-hybridized carbons (Fsp3) is 0.320. The van der Waals surface area contributed by atoms with Gasteiger partial charge >= 0.3 is 0 Å². The molecule has 37 heavy (non-hydrogen) atoms. The highest BCUT2D eigenvalue weighted by Gasteiger charge is 2.18. The van der Waals surface area contributed by atoms with Crippen molar-refractivity contribution in [2.75, 3.05) is 38.6 Å². The van der Waals surface area contributed by atoms with E-state index in [1.165, 1.54) is 0 Å². The average Bonchev–Trinajstić information content (AvgIpc) is 3.52. The van der Waals surface area contributed by atoms with Crippen LogP contribution in [-0.2, 0) is 18.3 Å². The summed E-state index contributed by atoms with van der Waals surface area (Å²) in [6, 6.07) is 9.14. The number of pyridine rings is 1. The molecule has 0 spiro atoms. The van der Waals surface area contributed by atoms with E-state index in [-0.39, 0.29) is 5.78 Å². The van der Waals surface area contributed by atoms with Crippen molar-refractivity contribution in [3.63, 3.8) is 0 Å². The number of Topliss-reactive ketones (excluding diaryl/α,β-unsaturated/α-hetero) is 1. The van der Waals surface area contributed by atoms with Gasteiger partial charge in [0.05, 0.1) is 49.9 Å². The zero-order chi connectivity index (χ0) is 26.4. The average molecular weight is 507 g/mol. The summed E-state index contributed by atoms with van der Waals surface area (Å²) in [6.07, 6.45) is 3.50. The fourth-order valence-electron chi connectivity index (χ4n) is 3.77. The van der Waals surface area contributed by atoms with Crippen LogP contribution in [0, 0.1) is 0 Å². The number of anilines is 4. The lowest BCUT2D eigenvalue weighted by atomic mass is 10.1. The highest BCUT2D eigenvalue weighted by molar-refractivity contribution is 6.02. The normalized spacial score (nSPS) is 10.8. The number of nitrogens with zero attached hydrogens (tertiary/aromatic N) is 6. The third kappa shape index (κ3) is 5.70. The van der Waals surface area contributed by atoms with E-state index in [4.69, 9.17) is 14.2 Å². The summed E-state index contributed by atoms with van der Waals surface area (Å²) in [5, 5.41) is 15.4. The van der Waals surface area contributed by atoms with Gasteiger partial charge in [-0.25, -0.2) is 14.6 Å². The fourth-order valence-corrected chi connectivity index (χ4v) is 3.77. The number of ether oxygens (including phenoxy) is 3. The van der Waals surface area contributed by atoms with Crippen molar-refractivity contribution >= 4 is 28.8 Å². The molecule has 3 aromatic heterocycles. The molecule has 0 aliphatic heterocycles. The maximum absolute atomic E-state index is 12.7. The van der Waals surface area contributed by atoms with Crippen molar-refractivity contribution in [1.82, 2.24) is 29.5 Å². The maximum Gasteiger partial charge on any atom is 0.213 e. The number of para-hydroxylation sites is 1. The largest absolute Gasteiger partial charge is 0.494 e. The number of aryl methyl sites for hydroxylation is 1. The molecule has 0 bridgehead atoms. The minimum atomic E-state index is -0.0476. The molecule has 4 aromatic rings. The summed E-state index contributed by atoms with van der Waals surface area (Å²) in [5.41, 5.74) is 2.40. The Kier molecular flexibility index (Phi) is 7.98. The Morgan fingerprint density at radius 3 is 2.51 bits per heavy atom. The molecule has 4 rings (SSSR count). The molecule has 194 valence electrons. The molecular formula is C25H30N8O4. The SMILES string of the molecule is CCC(=O)c1cnc(Nc2cc(OC)n(CCOC)n2)cc1Nc1cccc(-c2ncn(C)n2)c1OC. The number of methoxy groups -OCH3 is 3. The molecule has 12 nitrogen and oxygen atoms in total. The number of carbonyl (C=O) groups is 1. The first-order chi connectivity index (χ1) is 18.0. The standard InChI is InChI=1S/C25H30N8O4/c1-6-20(34)17-14-26-21(29-22-13-23(36-4)33(30-22)10-11-35-3)12-19(17)28-18-9-7-8-16(24(18)37-5)25-27-15-32(2)31-25/h7-9,12-15H,6,10-11H2,1-5H3,(H2,26,28,29,30). The van der Waals surface area contributed by atoms with Gasteiger partial charge in [-0.3, -0.25) is 9.48 Å². The quantitative estimate of drug-likeness (QED) is 0.273. The van der Waals surface area contributed by atoms with Crippen LogP contribution in [0.4, 0.5) is 23.0 Å². The second-order valence-corrected chi connectivity index (χ2v) is 8.06. The summed E-state index contributed by atoms with van der Waals surface area (Å²) in [6.45, 7) is 2.84. The number of ketones is 1. The number of rotatable bonds is 12. The zero-order valence-corrected chi connectivity index (χ0v) is 21.5. The summed E-state index contributed by atoms with van der Waals surface area (Å²) < 4.78 is 19.6. The summed E-state index contributed by atoms with van der Waals surface area (Å²) in [5.74, 6) is 2.66. The molecule has 0 radical (unpaired) electrons. The predicted molar refractivity (Wildman–Crippen MR) is 139 cm³/mol. The first-order valence-electron chi connectivity index (χ1n) is 11.7. The number of nitrogens with one attached hydrogen (secondary N) is 2. The first kappa shape index (κ1) is 25.6. The van der Waals surface area contributed by atoms with Crippen LogP contribution in [0.2, 0.25) is 0 Å². The molecule has 3 heterocycles. The van der Waals surface area contributed by atoms with Gasteiger partial charge in [-0.2, -0.15) is 10.2 Å². The molecular weight excluding hydrogens is 476 g/mol. The van der Waals surface area contributed by atoms with E-state index >= 15 is 0 Å². The van der Waals surface area contributed by atoms with Gasteiger partial charge in [0.25, 0.3) is 0 Å². The van der Waals surface area contributed by atoms with Crippen molar-refractivity contribution in [2.24, 2.45) is 7.05 Å². The van der Waals surface area contributed by atoms with Crippen LogP contribution in [0.25, 0.3) is 11.4 Å². The summed E-state index contributed by atoms with van der Waals surface area (Å²) in [4.78, 5) is 21.5. The Balaban J connectivity index is 1.68. The van der Waals surface area contributed by atoms with Gasteiger partial charge < -0.3 is 24.8 Å². The van der Waals surface area contributed by atoms with E-state index in [0.717, 1.165) is 5.56 Å². The van der Waals surface area contributed by atoms with Crippen LogP contribution in [-0.4, -0.2) is 63.2 Å². The van der Waals surface area contributed by atoms with Gasteiger partial charge in [-0.15, -0.1) is 0 Å². The van der Waals surface area contributed by atoms with Crippen LogP contribution < -0.4 is 20.1 Å². The lowest BCUT2D eigenvalue weighted by molar-refractivity contribution is 0.0988. The third-order valence-corrected chi connectivity index (χ3v) is 5.57. The van der Waals surface area contributed by atoms with E-state index in [2.05, 4.69) is 30.8 Å². The highest BCUT2D eigenvalue weighted by Crippen LogP contribution is 2.37. The monoisotopic (exact) mass is 506 g/mol. The lowest BCUT2D eigenvalue weighted by Gasteiger charge is -2.16. The van der Waals surface area contributed by atoms with Crippen LogP contribution in [0.1, 0.15) is 23.7 Å². The van der Waals surface area contributed by atoms with Crippen molar-refractivity contribution < 1.29 is 19.0 Å². The Labute approximate surface area is 214 Å².